The van der Waals surface area contributed by atoms with Gasteiger partial charge in [-0.3, -0.25) is 9.97 Å². The molecule has 0 bridgehead atoms. The molecule has 1 N–H and O–H groups in total. The highest BCUT2D eigenvalue weighted by atomic mass is 14.9. The van der Waals surface area contributed by atoms with Gasteiger partial charge in [0.2, 0.25) is 0 Å². The second-order valence-electron chi connectivity index (χ2n) is 5.86. The minimum Gasteiger partial charge on any atom is -0.310 e. The van der Waals surface area contributed by atoms with Crippen LogP contribution in [0.25, 0.3) is 0 Å². The summed E-state index contributed by atoms with van der Waals surface area (Å²) in [5.41, 5.74) is 6.19. The van der Waals surface area contributed by atoms with Crippen LogP contribution in [0.15, 0.2) is 30.5 Å². The van der Waals surface area contributed by atoms with Gasteiger partial charge in [-0.05, 0) is 56.5 Å². The van der Waals surface area contributed by atoms with E-state index in [1.807, 2.05) is 19.2 Å². The molecule has 1 aliphatic rings. The van der Waals surface area contributed by atoms with Gasteiger partial charge in [-0.1, -0.05) is 19.1 Å². The maximum absolute atomic E-state index is 4.66. The van der Waals surface area contributed by atoms with E-state index in [4.69, 9.17) is 0 Å². The first-order chi connectivity index (χ1) is 10.2. The van der Waals surface area contributed by atoms with Gasteiger partial charge < -0.3 is 5.32 Å². The average Bonchev–Trinajstić information content (AvgIpc) is 2.89. The molecule has 3 rings (SSSR count). The Morgan fingerprint density at radius 2 is 2.14 bits per heavy atom. The van der Waals surface area contributed by atoms with Crippen LogP contribution in [-0.2, 0) is 6.42 Å². The molecule has 2 atom stereocenters. The van der Waals surface area contributed by atoms with E-state index >= 15 is 0 Å². The van der Waals surface area contributed by atoms with Crippen molar-refractivity contribution in [3.05, 3.63) is 58.7 Å². The van der Waals surface area contributed by atoms with Crippen molar-refractivity contribution in [1.29, 1.82) is 0 Å². The van der Waals surface area contributed by atoms with E-state index in [0.717, 1.165) is 30.8 Å². The van der Waals surface area contributed by atoms with Crippen molar-refractivity contribution in [2.45, 2.75) is 45.6 Å². The summed E-state index contributed by atoms with van der Waals surface area (Å²) in [6.07, 6.45) is 4.21. The summed E-state index contributed by atoms with van der Waals surface area (Å²) in [5, 5.41) is 3.66. The fourth-order valence-electron chi connectivity index (χ4n) is 3.48. The monoisotopic (exact) mass is 281 g/mol. The molecule has 2 aromatic heterocycles. The molecular weight excluding hydrogens is 258 g/mol. The summed E-state index contributed by atoms with van der Waals surface area (Å²) >= 11 is 0. The minimum atomic E-state index is 0.305. The van der Waals surface area contributed by atoms with Crippen molar-refractivity contribution in [3.63, 3.8) is 0 Å². The van der Waals surface area contributed by atoms with Crippen LogP contribution in [0.3, 0.4) is 0 Å². The van der Waals surface area contributed by atoms with Gasteiger partial charge in [0, 0.05) is 35.2 Å². The average molecular weight is 281 g/mol. The van der Waals surface area contributed by atoms with E-state index < -0.39 is 0 Å². The zero-order chi connectivity index (χ0) is 14.8. The Labute approximate surface area is 126 Å². The van der Waals surface area contributed by atoms with Crippen molar-refractivity contribution in [2.24, 2.45) is 0 Å². The molecule has 110 valence electrons. The molecule has 0 saturated carbocycles. The first-order valence-electron chi connectivity index (χ1n) is 7.82. The summed E-state index contributed by atoms with van der Waals surface area (Å²) in [4.78, 5) is 9.30. The molecule has 2 aromatic rings. The fraction of sp³-hybridized carbons (Fsp3) is 0.444. The Kier molecular flexibility index (Phi) is 4.02. The predicted octanol–water partition coefficient (Wildman–Crippen LogP) is 3.47. The minimum absolute atomic E-state index is 0.305. The topological polar surface area (TPSA) is 37.8 Å². The van der Waals surface area contributed by atoms with Gasteiger partial charge in [0.05, 0.1) is 0 Å². The van der Waals surface area contributed by atoms with Crippen LogP contribution in [0, 0.1) is 13.8 Å². The molecule has 0 fully saturated rings. The number of hydrogen-bond acceptors (Lipinski definition) is 3. The molecule has 0 aromatic carbocycles. The summed E-state index contributed by atoms with van der Waals surface area (Å²) in [6.45, 7) is 7.28. The zero-order valence-electron chi connectivity index (χ0n) is 13.1. The van der Waals surface area contributed by atoms with Crippen molar-refractivity contribution >= 4 is 0 Å². The lowest BCUT2D eigenvalue weighted by atomic mass is 9.89. The van der Waals surface area contributed by atoms with Gasteiger partial charge >= 0.3 is 0 Å². The number of likely N-dealkylation sites (N-methyl/N-ethyl adjacent to an activating group) is 1. The van der Waals surface area contributed by atoms with E-state index in [0.29, 0.717) is 12.0 Å². The second kappa shape index (κ2) is 5.94. The number of aromatic nitrogens is 2. The lowest BCUT2D eigenvalue weighted by Crippen LogP contribution is -2.27. The van der Waals surface area contributed by atoms with Crippen molar-refractivity contribution in [3.8, 4) is 0 Å². The molecule has 21 heavy (non-hydrogen) atoms. The van der Waals surface area contributed by atoms with Crippen LogP contribution in [0.4, 0.5) is 0 Å². The third kappa shape index (κ3) is 2.70. The number of nitrogens with one attached hydrogen (secondary N) is 1. The number of rotatable bonds is 4. The molecule has 2 heterocycles. The Balaban J connectivity index is 1.99. The second-order valence-corrected chi connectivity index (χ2v) is 5.86. The number of hydrogen-bond donors (Lipinski definition) is 1. The molecule has 1 aliphatic carbocycles. The van der Waals surface area contributed by atoms with E-state index in [1.54, 1.807) is 0 Å². The first-order valence-corrected chi connectivity index (χ1v) is 7.82. The lowest BCUT2D eigenvalue weighted by molar-refractivity contribution is 0.444. The highest BCUT2D eigenvalue weighted by Crippen LogP contribution is 2.40. The Hall–Kier alpha value is -1.74. The first kappa shape index (κ1) is 14.2. The zero-order valence-corrected chi connectivity index (χ0v) is 13.1. The van der Waals surface area contributed by atoms with Crippen LogP contribution < -0.4 is 5.32 Å². The van der Waals surface area contributed by atoms with Crippen LogP contribution >= 0.6 is 0 Å². The molecule has 0 spiro atoms. The van der Waals surface area contributed by atoms with E-state index in [1.165, 1.54) is 16.8 Å². The third-order valence-corrected chi connectivity index (χ3v) is 4.43. The Morgan fingerprint density at radius 1 is 1.29 bits per heavy atom. The predicted molar refractivity (Wildman–Crippen MR) is 85.4 cm³/mol. The summed E-state index contributed by atoms with van der Waals surface area (Å²) < 4.78 is 0. The van der Waals surface area contributed by atoms with Gasteiger partial charge in [0.15, 0.2) is 0 Å². The summed E-state index contributed by atoms with van der Waals surface area (Å²) in [7, 11) is 0. The molecule has 0 aliphatic heterocycles. The highest BCUT2D eigenvalue weighted by molar-refractivity contribution is 5.35. The smallest absolute Gasteiger partial charge is 0.0485 e. The van der Waals surface area contributed by atoms with Crippen LogP contribution in [0.2, 0.25) is 0 Å². The molecule has 3 heteroatoms. The van der Waals surface area contributed by atoms with E-state index in [2.05, 4.69) is 47.3 Å². The van der Waals surface area contributed by atoms with Crippen molar-refractivity contribution in [2.75, 3.05) is 6.54 Å². The van der Waals surface area contributed by atoms with Crippen LogP contribution in [-0.4, -0.2) is 16.5 Å². The largest absolute Gasteiger partial charge is 0.310 e. The molecular formula is C18H23N3. The van der Waals surface area contributed by atoms with Crippen molar-refractivity contribution in [1.82, 2.24) is 15.3 Å². The van der Waals surface area contributed by atoms with Gasteiger partial charge in [0.25, 0.3) is 0 Å². The number of nitrogens with zero attached hydrogens (tertiary/aromatic N) is 2. The summed E-state index contributed by atoms with van der Waals surface area (Å²) in [6, 6.07) is 8.90. The maximum atomic E-state index is 4.66. The van der Waals surface area contributed by atoms with Crippen LogP contribution in [0.1, 0.15) is 53.5 Å². The van der Waals surface area contributed by atoms with Gasteiger partial charge in [-0.15, -0.1) is 0 Å². The molecule has 0 saturated heterocycles. The quantitative estimate of drug-likeness (QED) is 0.932. The molecule has 0 radical (unpaired) electrons. The van der Waals surface area contributed by atoms with Gasteiger partial charge in [-0.25, -0.2) is 0 Å². The van der Waals surface area contributed by atoms with Crippen molar-refractivity contribution < 1.29 is 0 Å². The molecule has 0 amide bonds. The fourth-order valence-corrected chi connectivity index (χ4v) is 3.48. The van der Waals surface area contributed by atoms with Gasteiger partial charge in [-0.2, -0.15) is 0 Å². The number of aryl methyl sites for hydroxylation is 3. The molecule has 3 nitrogen and oxygen atoms in total. The maximum Gasteiger partial charge on any atom is 0.0485 e. The number of pyridine rings is 2. The molecule has 2 unspecified atom stereocenters. The van der Waals surface area contributed by atoms with Crippen LogP contribution in [0.5, 0.6) is 0 Å². The van der Waals surface area contributed by atoms with E-state index in [9.17, 15) is 0 Å². The highest BCUT2D eigenvalue weighted by Gasteiger charge is 2.32. The Morgan fingerprint density at radius 3 is 2.90 bits per heavy atom. The SMILES string of the molecule is CCNC(c1ccc(C)nc1C)C1CCc2cccnc21. The Bertz CT molecular complexity index is 636. The normalized spacial score (nSPS) is 18.5. The van der Waals surface area contributed by atoms with E-state index in [-0.39, 0.29) is 0 Å². The number of fused-ring (bicyclic) bond motifs is 1. The standard InChI is InChI=1S/C18H23N3/c1-4-19-18(15-9-7-12(2)21-13(15)3)16-10-8-14-6-5-11-20-17(14)16/h5-7,9,11,16,18-19H,4,8,10H2,1-3H3. The third-order valence-electron chi connectivity index (χ3n) is 4.43. The van der Waals surface area contributed by atoms with Gasteiger partial charge in [0.1, 0.15) is 0 Å². The summed E-state index contributed by atoms with van der Waals surface area (Å²) in [5.74, 6) is 0.448. The lowest BCUT2D eigenvalue weighted by Gasteiger charge is -2.26.